The van der Waals surface area contributed by atoms with Crippen LogP contribution < -0.4 is 0 Å². The lowest BCUT2D eigenvalue weighted by Crippen LogP contribution is -1.82. The minimum Gasteiger partial charge on any atom is -0.0845 e. The van der Waals surface area contributed by atoms with Crippen LogP contribution in [0.1, 0.15) is 57.8 Å². The van der Waals surface area contributed by atoms with E-state index in [1.165, 1.54) is 57.8 Å². The molecule has 1 rings (SSSR count). The average Bonchev–Trinajstić information content (AvgIpc) is 2.22. The Bertz CT molecular complexity index is 145. The molecule has 0 aromatic heterocycles. The summed E-state index contributed by atoms with van der Waals surface area (Å²) >= 11 is 0. The molecule has 1 aliphatic rings. The zero-order valence-electron chi connectivity index (χ0n) is 9.25. The predicted octanol–water partition coefficient (Wildman–Crippen LogP) is 4.83. The van der Waals surface area contributed by atoms with Gasteiger partial charge in [-0.3, -0.25) is 0 Å². The Hall–Kier alpha value is -0.520. The summed E-state index contributed by atoms with van der Waals surface area (Å²) in [6, 6.07) is 0. The SMILES string of the molecule is [CH]1CCC=CC=CCCCCCCC1. The van der Waals surface area contributed by atoms with Crippen LogP contribution in [-0.4, -0.2) is 0 Å². The van der Waals surface area contributed by atoms with Gasteiger partial charge in [0.1, 0.15) is 0 Å². The van der Waals surface area contributed by atoms with E-state index in [1.807, 2.05) is 0 Å². The zero-order chi connectivity index (χ0) is 9.90. The standard InChI is InChI=1S/C14H23/c1-2-4-6-8-10-12-14-13-11-9-7-5-3-1/h1-4,9H,5-8,10-14H2. The molecule has 0 saturated heterocycles. The van der Waals surface area contributed by atoms with Gasteiger partial charge in [0.2, 0.25) is 0 Å². The minimum absolute atomic E-state index is 1.21. The van der Waals surface area contributed by atoms with Crippen LogP contribution in [0.3, 0.4) is 0 Å². The highest BCUT2D eigenvalue weighted by molar-refractivity contribution is 5.02. The molecule has 1 radical (unpaired) electrons. The Kier molecular flexibility index (Phi) is 7.47. The second kappa shape index (κ2) is 9.05. The third-order valence-electron chi connectivity index (χ3n) is 2.70. The molecule has 0 amide bonds. The van der Waals surface area contributed by atoms with Gasteiger partial charge < -0.3 is 0 Å². The van der Waals surface area contributed by atoms with Gasteiger partial charge in [0.15, 0.2) is 0 Å². The quantitative estimate of drug-likeness (QED) is 0.514. The molecule has 0 spiro atoms. The first-order valence-electron chi connectivity index (χ1n) is 6.13. The lowest BCUT2D eigenvalue weighted by Gasteiger charge is -2.01. The summed E-state index contributed by atoms with van der Waals surface area (Å²) in [5.41, 5.74) is 0. The van der Waals surface area contributed by atoms with Crippen molar-refractivity contribution in [1.29, 1.82) is 0 Å². The van der Waals surface area contributed by atoms with Crippen LogP contribution >= 0.6 is 0 Å². The summed E-state index contributed by atoms with van der Waals surface area (Å²) in [4.78, 5) is 0. The van der Waals surface area contributed by atoms with Crippen LogP contribution in [0.5, 0.6) is 0 Å². The molecule has 0 heteroatoms. The summed E-state index contributed by atoms with van der Waals surface area (Å²) in [6.45, 7) is 0. The molecule has 0 unspecified atom stereocenters. The average molecular weight is 191 g/mol. The van der Waals surface area contributed by atoms with Gasteiger partial charge in [-0.25, -0.2) is 0 Å². The Balaban J connectivity index is 2.17. The molecule has 0 saturated carbocycles. The zero-order valence-corrected chi connectivity index (χ0v) is 9.25. The van der Waals surface area contributed by atoms with Crippen LogP contribution in [0.25, 0.3) is 0 Å². The molecule has 0 aromatic carbocycles. The highest BCUT2D eigenvalue weighted by Crippen LogP contribution is 2.11. The van der Waals surface area contributed by atoms with E-state index < -0.39 is 0 Å². The summed E-state index contributed by atoms with van der Waals surface area (Å²) in [5.74, 6) is 0. The Labute approximate surface area is 89.1 Å². The minimum atomic E-state index is 1.21. The van der Waals surface area contributed by atoms with Crippen molar-refractivity contribution < 1.29 is 0 Å². The summed E-state index contributed by atoms with van der Waals surface area (Å²) < 4.78 is 0. The van der Waals surface area contributed by atoms with Gasteiger partial charge in [0.05, 0.1) is 0 Å². The van der Waals surface area contributed by atoms with Crippen LogP contribution in [-0.2, 0) is 0 Å². The number of hydrogen-bond donors (Lipinski definition) is 0. The predicted molar refractivity (Wildman–Crippen MR) is 64.1 cm³/mol. The van der Waals surface area contributed by atoms with E-state index in [9.17, 15) is 0 Å². The molecule has 0 N–H and O–H groups in total. The maximum atomic E-state index is 2.44. The van der Waals surface area contributed by atoms with Crippen molar-refractivity contribution >= 4 is 0 Å². The van der Waals surface area contributed by atoms with Gasteiger partial charge in [0, 0.05) is 0 Å². The Morgan fingerprint density at radius 2 is 1.14 bits per heavy atom. The molecule has 0 aliphatic heterocycles. The molecule has 14 heavy (non-hydrogen) atoms. The maximum Gasteiger partial charge on any atom is -0.0345 e. The van der Waals surface area contributed by atoms with Crippen molar-refractivity contribution in [2.45, 2.75) is 57.8 Å². The Morgan fingerprint density at radius 3 is 2.00 bits per heavy atom. The number of allylic oxidation sites excluding steroid dienone is 4. The van der Waals surface area contributed by atoms with Gasteiger partial charge in [-0.15, -0.1) is 0 Å². The van der Waals surface area contributed by atoms with Crippen molar-refractivity contribution in [1.82, 2.24) is 0 Å². The molecular weight excluding hydrogens is 168 g/mol. The molecule has 0 nitrogen and oxygen atoms in total. The number of hydrogen-bond acceptors (Lipinski definition) is 0. The van der Waals surface area contributed by atoms with Crippen LogP contribution in [0.4, 0.5) is 0 Å². The summed E-state index contributed by atoms with van der Waals surface area (Å²) in [6.07, 6.45) is 23.5. The van der Waals surface area contributed by atoms with E-state index in [4.69, 9.17) is 0 Å². The first kappa shape index (κ1) is 11.6. The van der Waals surface area contributed by atoms with Gasteiger partial charge in [-0.1, -0.05) is 56.4 Å². The molecule has 0 bridgehead atoms. The second-order valence-electron chi connectivity index (χ2n) is 4.07. The molecule has 0 aromatic rings. The van der Waals surface area contributed by atoms with Crippen molar-refractivity contribution in [2.24, 2.45) is 0 Å². The highest BCUT2D eigenvalue weighted by Gasteiger charge is 1.92. The summed E-state index contributed by atoms with van der Waals surface area (Å²) in [7, 11) is 0. The van der Waals surface area contributed by atoms with E-state index in [2.05, 4.69) is 30.7 Å². The Morgan fingerprint density at radius 1 is 0.500 bits per heavy atom. The van der Waals surface area contributed by atoms with Crippen molar-refractivity contribution in [2.75, 3.05) is 0 Å². The maximum absolute atomic E-state index is 2.44. The lowest BCUT2D eigenvalue weighted by molar-refractivity contribution is 0.609. The first-order valence-corrected chi connectivity index (χ1v) is 6.13. The fourth-order valence-corrected chi connectivity index (χ4v) is 1.79. The molecule has 0 fully saturated rings. The van der Waals surface area contributed by atoms with Crippen molar-refractivity contribution in [3.63, 3.8) is 0 Å². The third kappa shape index (κ3) is 6.94. The van der Waals surface area contributed by atoms with Gasteiger partial charge in [-0.2, -0.15) is 0 Å². The van der Waals surface area contributed by atoms with Crippen molar-refractivity contribution in [3.8, 4) is 0 Å². The fourth-order valence-electron chi connectivity index (χ4n) is 1.79. The highest BCUT2D eigenvalue weighted by atomic mass is 14.0. The van der Waals surface area contributed by atoms with E-state index in [-0.39, 0.29) is 0 Å². The van der Waals surface area contributed by atoms with Crippen LogP contribution in [0.2, 0.25) is 0 Å². The van der Waals surface area contributed by atoms with E-state index in [0.717, 1.165) is 0 Å². The monoisotopic (exact) mass is 191 g/mol. The molecule has 0 atom stereocenters. The van der Waals surface area contributed by atoms with E-state index in [0.29, 0.717) is 0 Å². The van der Waals surface area contributed by atoms with Crippen LogP contribution in [0, 0.1) is 6.42 Å². The molecule has 79 valence electrons. The smallest absolute Gasteiger partial charge is 0.0345 e. The van der Waals surface area contributed by atoms with Crippen molar-refractivity contribution in [3.05, 3.63) is 30.7 Å². The molecular formula is C14H23. The summed E-state index contributed by atoms with van der Waals surface area (Å²) in [5, 5.41) is 0. The lowest BCUT2D eigenvalue weighted by atomic mass is 10.1. The normalized spacial score (nSPS) is 21.7. The second-order valence-corrected chi connectivity index (χ2v) is 4.07. The van der Waals surface area contributed by atoms with E-state index >= 15 is 0 Å². The largest absolute Gasteiger partial charge is 0.0845 e. The van der Waals surface area contributed by atoms with Gasteiger partial charge >= 0.3 is 0 Å². The molecule has 0 heterocycles. The van der Waals surface area contributed by atoms with E-state index in [1.54, 1.807) is 0 Å². The first-order chi connectivity index (χ1) is 7.00. The van der Waals surface area contributed by atoms with Gasteiger partial charge in [-0.05, 0) is 32.1 Å². The number of rotatable bonds is 0. The van der Waals surface area contributed by atoms with Crippen LogP contribution in [0.15, 0.2) is 24.3 Å². The van der Waals surface area contributed by atoms with Gasteiger partial charge in [0.25, 0.3) is 0 Å². The fraction of sp³-hybridized carbons (Fsp3) is 0.643. The topological polar surface area (TPSA) is 0 Å². The molecule has 1 aliphatic carbocycles. The third-order valence-corrected chi connectivity index (χ3v) is 2.70.